The van der Waals surface area contributed by atoms with E-state index in [0.29, 0.717) is 23.5 Å². The number of rotatable bonds is 6. The van der Waals surface area contributed by atoms with E-state index in [0.717, 1.165) is 13.0 Å². The van der Waals surface area contributed by atoms with E-state index >= 15 is 0 Å². The minimum atomic E-state index is -5.65. The van der Waals surface area contributed by atoms with Crippen molar-refractivity contribution in [1.82, 2.24) is 0 Å². The van der Waals surface area contributed by atoms with Crippen molar-refractivity contribution in [3.63, 3.8) is 0 Å². The Labute approximate surface area is 182 Å². The highest BCUT2D eigenvalue weighted by Crippen LogP contribution is 2.63. The van der Waals surface area contributed by atoms with Gasteiger partial charge in [-0.3, -0.25) is 4.57 Å². The molecule has 0 fully saturated rings. The maximum absolute atomic E-state index is 14.4. The highest BCUT2D eigenvalue weighted by atomic mass is 32.1. The zero-order valence-corrected chi connectivity index (χ0v) is 17.6. The van der Waals surface area contributed by atoms with Gasteiger partial charge in [-0.2, -0.15) is 17.6 Å². The van der Waals surface area contributed by atoms with Crippen LogP contribution in [0.2, 0.25) is 0 Å². The first-order valence-corrected chi connectivity index (χ1v) is 10.9. The summed E-state index contributed by atoms with van der Waals surface area (Å²) in [5, 5.41) is -0.281. The van der Waals surface area contributed by atoms with Crippen molar-refractivity contribution in [3.8, 4) is 5.75 Å². The smallest absolute Gasteiger partial charge is 0.402 e. The minimum Gasteiger partial charge on any atom is -0.416 e. The van der Waals surface area contributed by atoms with Gasteiger partial charge in [0.15, 0.2) is 0 Å². The number of thiophene rings is 1. The molecule has 1 heterocycles. The quantitative estimate of drug-likeness (QED) is 0.104. The summed E-state index contributed by atoms with van der Waals surface area (Å²) in [5.74, 6) is -17.3. The topological polar surface area (TPSA) is 72.8 Å². The van der Waals surface area contributed by atoms with E-state index in [1.54, 1.807) is 0 Å². The molecule has 0 spiro atoms. The lowest BCUT2D eigenvalue weighted by Gasteiger charge is -2.22. The van der Waals surface area contributed by atoms with Crippen LogP contribution in [0.3, 0.4) is 0 Å². The molecule has 0 aliphatic heterocycles. The molecule has 5 nitrogen and oxygen atoms in total. The van der Waals surface area contributed by atoms with E-state index in [4.69, 9.17) is 0 Å². The van der Waals surface area contributed by atoms with Gasteiger partial charge in [0.2, 0.25) is 34.8 Å². The summed E-state index contributed by atoms with van der Waals surface area (Å²) < 4.78 is 130. The largest absolute Gasteiger partial charge is 0.416 e. The number of fused-ring (bicyclic) bond motifs is 1. The summed E-state index contributed by atoms with van der Waals surface area (Å²) in [6, 6.07) is 1.72. The number of carbonyl (C=O) groups is 1. The van der Waals surface area contributed by atoms with Crippen LogP contribution in [0.1, 0.15) is 22.2 Å². The van der Waals surface area contributed by atoms with Crippen molar-refractivity contribution < 1.29 is 58.6 Å². The van der Waals surface area contributed by atoms with Crippen LogP contribution in [-0.2, 0) is 14.8 Å². The third-order valence-electron chi connectivity index (χ3n) is 4.15. The first kappa shape index (κ1) is 25.1. The van der Waals surface area contributed by atoms with Gasteiger partial charge in [-0.05, 0) is 30.5 Å². The molecule has 178 valence electrons. The van der Waals surface area contributed by atoms with Crippen LogP contribution in [0.5, 0.6) is 5.75 Å². The zero-order chi connectivity index (χ0) is 24.9. The molecule has 0 radical (unpaired) electrons. The Morgan fingerprint density at radius 1 is 1.00 bits per heavy atom. The Morgan fingerprint density at radius 3 is 2.09 bits per heavy atom. The fourth-order valence-corrected chi connectivity index (χ4v) is 4.55. The van der Waals surface area contributed by atoms with E-state index in [2.05, 4.69) is 9.26 Å². The fourth-order valence-electron chi connectivity index (χ4n) is 2.62. The Bertz CT molecular complexity index is 1300. The lowest BCUT2D eigenvalue weighted by molar-refractivity contribution is 0.0434. The third kappa shape index (κ3) is 4.23. The van der Waals surface area contributed by atoms with Gasteiger partial charge in [-0.15, -0.1) is 11.3 Å². The van der Waals surface area contributed by atoms with Gasteiger partial charge in [0.05, 0.1) is 12.2 Å². The third-order valence-corrected chi connectivity index (χ3v) is 6.79. The van der Waals surface area contributed by atoms with Crippen molar-refractivity contribution in [2.45, 2.75) is 12.6 Å². The van der Waals surface area contributed by atoms with E-state index in [-0.39, 0.29) is 10.1 Å². The molecule has 0 saturated carbocycles. The standard InChI is InChI=1S/C18H9F8O5PS/c1-2-30-32(28,29)18(25,26)7-3-6-4-10(33-9(6)5-8(7)19)17(27)31-16-14(23)12(21)11(20)13(22)15(16)24/h3-5H,2H2,1H3,(H,28,29). The number of ether oxygens (including phenoxy) is 1. The Morgan fingerprint density at radius 2 is 1.55 bits per heavy atom. The van der Waals surface area contributed by atoms with Gasteiger partial charge in [0, 0.05) is 4.70 Å². The summed E-state index contributed by atoms with van der Waals surface area (Å²) in [7, 11) is -5.65. The first-order chi connectivity index (χ1) is 15.2. The van der Waals surface area contributed by atoms with Crippen LogP contribution in [0, 0.1) is 34.9 Å². The van der Waals surface area contributed by atoms with Crippen molar-refractivity contribution in [2.75, 3.05) is 6.61 Å². The lowest BCUT2D eigenvalue weighted by atomic mass is 10.1. The second kappa shape index (κ2) is 8.67. The van der Waals surface area contributed by atoms with Crippen molar-refractivity contribution >= 4 is 35.0 Å². The number of halogens is 8. The SMILES string of the molecule is CCOP(=O)(O)C(F)(F)c1cc2cc(C(=O)Oc3c(F)c(F)c(F)c(F)c3F)sc2cc1F. The normalized spacial score (nSPS) is 13.9. The van der Waals surface area contributed by atoms with Crippen LogP contribution < -0.4 is 4.74 Å². The molecule has 15 heteroatoms. The number of carbonyl (C=O) groups excluding carboxylic acids is 1. The molecular weight excluding hydrogens is 511 g/mol. The van der Waals surface area contributed by atoms with E-state index in [1.165, 1.54) is 0 Å². The highest BCUT2D eigenvalue weighted by Gasteiger charge is 2.54. The number of hydrogen-bond donors (Lipinski definition) is 1. The van der Waals surface area contributed by atoms with Crippen molar-refractivity contribution in [1.29, 1.82) is 0 Å². The van der Waals surface area contributed by atoms with Crippen LogP contribution in [0.15, 0.2) is 18.2 Å². The summed E-state index contributed by atoms with van der Waals surface area (Å²) >= 11 is 0.370. The maximum Gasteiger partial charge on any atom is 0.402 e. The van der Waals surface area contributed by atoms with E-state index < -0.39 is 76.9 Å². The molecule has 2 aromatic carbocycles. The van der Waals surface area contributed by atoms with Crippen LogP contribution in [-0.4, -0.2) is 17.5 Å². The predicted octanol–water partition coefficient (Wildman–Crippen LogP) is 6.23. The molecule has 3 rings (SSSR count). The summed E-state index contributed by atoms with van der Waals surface area (Å²) in [6.45, 7) is 0.569. The molecule has 0 aliphatic rings. The van der Waals surface area contributed by atoms with Crippen LogP contribution >= 0.6 is 18.9 Å². The minimum absolute atomic E-state index is 0.180. The Balaban J connectivity index is 2.02. The molecule has 0 saturated heterocycles. The van der Waals surface area contributed by atoms with Gasteiger partial charge in [0.1, 0.15) is 10.7 Å². The molecule has 33 heavy (non-hydrogen) atoms. The number of benzene rings is 2. The second-order valence-electron chi connectivity index (χ2n) is 6.25. The van der Waals surface area contributed by atoms with Gasteiger partial charge in [-0.1, -0.05) is 0 Å². The van der Waals surface area contributed by atoms with Gasteiger partial charge in [0.25, 0.3) is 0 Å². The molecular formula is C18H9F8O5PS. The van der Waals surface area contributed by atoms with Crippen LogP contribution in [0.4, 0.5) is 35.1 Å². The second-order valence-corrected chi connectivity index (χ2v) is 9.19. The van der Waals surface area contributed by atoms with Crippen LogP contribution in [0.25, 0.3) is 10.1 Å². The molecule has 3 aromatic rings. The molecule has 1 aromatic heterocycles. The van der Waals surface area contributed by atoms with Gasteiger partial charge in [-0.25, -0.2) is 22.4 Å². The molecule has 1 atom stereocenters. The van der Waals surface area contributed by atoms with E-state index in [1.807, 2.05) is 0 Å². The Kier molecular flexibility index (Phi) is 6.59. The predicted molar refractivity (Wildman–Crippen MR) is 98.3 cm³/mol. The molecule has 0 amide bonds. The number of esters is 1. The monoisotopic (exact) mass is 520 g/mol. The van der Waals surface area contributed by atoms with Crippen molar-refractivity contribution in [3.05, 3.63) is 63.5 Å². The Hall–Kier alpha value is -2.54. The van der Waals surface area contributed by atoms with Gasteiger partial charge >= 0.3 is 19.2 Å². The lowest BCUT2D eigenvalue weighted by Crippen LogP contribution is -2.17. The molecule has 0 bridgehead atoms. The fraction of sp³-hybridized carbons (Fsp3) is 0.167. The van der Waals surface area contributed by atoms with Gasteiger partial charge < -0.3 is 14.2 Å². The van der Waals surface area contributed by atoms with Crippen molar-refractivity contribution in [2.24, 2.45) is 0 Å². The highest BCUT2D eigenvalue weighted by molar-refractivity contribution is 7.53. The average molecular weight is 520 g/mol. The summed E-state index contributed by atoms with van der Waals surface area (Å²) in [6.07, 6.45) is 0. The molecule has 1 unspecified atom stereocenters. The molecule has 0 aliphatic carbocycles. The number of hydrogen-bond acceptors (Lipinski definition) is 5. The summed E-state index contributed by atoms with van der Waals surface area (Å²) in [5.41, 5.74) is -6.22. The number of alkyl halides is 2. The average Bonchev–Trinajstić information content (AvgIpc) is 3.16. The van der Waals surface area contributed by atoms with E-state index in [9.17, 15) is 49.4 Å². The first-order valence-electron chi connectivity index (χ1n) is 8.55. The maximum atomic E-state index is 14.4. The molecule has 1 N–H and O–H groups in total. The zero-order valence-electron chi connectivity index (χ0n) is 15.9. The summed E-state index contributed by atoms with van der Waals surface area (Å²) in [4.78, 5) is 21.0.